The van der Waals surface area contributed by atoms with Crippen LogP contribution in [0, 0.1) is 0 Å². The summed E-state index contributed by atoms with van der Waals surface area (Å²) in [6.07, 6.45) is 1.79. The number of phenolic OH excluding ortho intramolecular Hbond substituents is 1. The van der Waals surface area contributed by atoms with Gasteiger partial charge in [0.15, 0.2) is 0 Å². The second-order valence-corrected chi connectivity index (χ2v) is 6.40. The van der Waals surface area contributed by atoms with Crippen LogP contribution in [0.1, 0.15) is 26.3 Å². The fourth-order valence-corrected chi connectivity index (χ4v) is 3.13. The lowest BCUT2D eigenvalue weighted by atomic mass is 10.1. The summed E-state index contributed by atoms with van der Waals surface area (Å²) in [5.41, 5.74) is 3.72. The van der Waals surface area contributed by atoms with Crippen LogP contribution < -0.4 is 10.1 Å². The third-order valence-electron chi connectivity index (χ3n) is 4.67. The summed E-state index contributed by atoms with van der Waals surface area (Å²) in [4.78, 5) is 6.73. The molecule has 0 aliphatic heterocycles. The maximum absolute atomic E-state index is 10.2. The summed E-state index contributed by atoms with van der Waals surface area (Å²) in [6.45, 7) is 9.48. The predicted molar refractivity (Wildman–Crippen MR) is 111 cm³/mol. The average Bonchev–Trinajstić information content (AvgIpc) is 2.68. The van der Waals surface area contributed by atoms with Gasteiger partial charge in [0, 0.05) is 41.1 Å². The molecule has 5 heteroatoms. The fourth-order valence-electron chi connectivity index (χ4n) is 3.13. The Bertz CT molecular complexity index is 907. The van der Waals surface area contributed by atoms with E-state index in [2.05, 4.69) is 29.0 Å². The van der Waals surface area contributed by atoms with Crippen LogP contribution in [0.3, 0.4) is 0 Å². The molecule has 2 N–H and O–H groups in total. The molecular weight excluding hydrogens is 338 g/mol. The minimum atomic E-state index is 0.327. The SMILES string of the molecule is CCOc1ccc2c(Nc3ccc(O)c(CN(CC)CC)c3)ccnc2c1. The Labute approximate surface area is 160 Å². The van der Waals surface area contributed by atoms with Gasteiger partial charge in [-0.1, -0.05) is 13.8 Å². The Morgan fingerprint density at radius 1 is 1.04 bits per heavy atom. The molecule has 3 aromatic rings. The van der Waals surface area contributed by atoms with Crippen molar-refractivity contribution < 1.29 is 9.84 Å². The number of pyridine rings is 1. The normalized spacial score (nSPS) is 11.1. The molecule has 0 unspecified atom stereocenters. The van der Waals surface area contributed by atoms with Gasteiger partial charge in [0.1, 0.15) is 11.5 Å². The van der Waals surface area contributed by atoms with Crippen LogP contribution in [-0.4, -0.2) is 34.7 Å². The summed E-state index contributed by atoms with van der Waals surface area (Å²) in [5.74, 6) is 1.15. The van der Waals surface area contributed by atoms with Gasteiger partial charge in [0.25, 0.3) is 0 Å². The van der Waals surface area contributed by atoms with Gasteiger partial charge < -0.3 is 15.2 Å². The molecule has 1 aromatic heterocycles. The molecule has 5 nitrogen and oxygen atoms in total. The van der Waals surface area contributed by atoms with Crippen LogP contribution in [0.2, 0.25) is 0 Å². The molecule has 0 fully saturated rings. The van der Waals surface area contributed by atoms with E-state index in [1.165, 1.54) is 0 Å². The van der Waals surface area contributed by atoms with Gasteiger partial charge >= 0.3 is 0 Å². The van der Waals surface area contributed by atoms with E-state index in [0.29, 0.717) is 12.4 Å². The number of benzene rings is 2. The van der Waals surface area contributed by atoms with Crippen molar-refractivity contribution in [1.82, 2.24) is 9.88 Å². The first-order valence-corrected chi connectivity index (χ1v) is 9.47. The number of aromatic nitrogens is 1. The second-order valence-electron chi connectivity index (χ2n) is 6.40. The Balaban J connectivity index is 1.88. The number of nitrogens with one attached hydrogen (secondary N) is 1. The third-order valence-corrected chi connectivity index (χ3v) is 4.67. The van der Waals surface area contributed by atoms with E-state index in [1.807, 2.05) is 43.3 Å². The average molecular weight is 365 g/mol. The van der Waals surface area contributed by atoms with Crippen molar-refractivity contribution in [1.29, 1.82) is 0 Å². The molecule has 0 aliphatic carbocycles. The maximum Gasteiger partial charge on any atom is 0.121 e. The van der Waals surface area contributed by atoms with Gasteiger partial charge in [0.2, 0.25) is 0 Å². The van der Waals surface area contributed by atoms with Crippen LogP contribution >= 0.6 is 0 Å². The summed E-state index contributed by atoms with van der Waals surface area (Å²) < 4.78 is 5.57. The molecular formula is C22H27N3O2. The van der Waals surface area contributed by atoms with Crippen molar-refractivity contribution in [3.63, 3.8) is 0 Å². The quantitative estimate of drug-likeness (QED) is 0.555. The van der Waals surface area contributed by atoms with Crippen molar-refractivity contribution in [2.24, 2.45) is 0 Å². The van der Waals surface area contributed by atoms with Gasteiger partial charge in [0.05, 0.1) is 12.1 Å². The zero-order chi connectivity index (χ0) is 19.2. The molecule has 27 heavy (non-hydrogen) atoms. The highest BCUT2D eigenvalue weighted by Crippen LogP contribution is 2.30. The van der Waals surface area contributed by atoms with Gasteiger partial charge in [-0.25, -0.2) is 0 Å². The zero-order valence-electron chi connectivity index (χ0n) is 16.2. The highest BCUT2D eigenvalue weighted by Gasteiger charge is 2.09. The first-order chi connectivity index (χ1) is 13.1. The van der Waals surface area contributed by atoms with Crippen molar-refractivity contribution in [2.45, 2.75) is 27.3 Å². The molecule has 0 bridgehead atoms. The Morgan fingerprint density at radius 2 is 1.85 bits per heavy atom. The number of ether oxygens (including phenoxy) is 1. The lowest BCUT2D eigenvalue weighted by Gasteiger charge is -2.19. The Hall–Kier alpha value is -2.79. The second kappa shape index (κ2) is 8.73. The summed E-state index contributed by atoms with van der Waals surface area (Å²) in [7, 11) is 0. The highest BCUT2D eigenvalue weighted by molar-refractivity contribution is 5.93. The van der Waals surface area contributed by atoms with Crippen LogP contribution in [-0.2, 0) is 6.54 Å². The van der Waals surface area contributed by atoms with Crippen LogP contribution in [0.4, 0.5) is 11.4 Å². The lowest BCUT2D eigenvalue weighted by molar-refractivity contribution is 0.291. The van der Waals surface area contributed by atoms with Crippen molar-refractivity contribution in [2.75, 3.05) is 25.0 Å². The molecule has 142 valence electrons. The minimum absolute atomic E-state index is 0.327. The molecule has 0 atom stereocenters. The van der Waals surface area contributed by atoms with Gasteiger partial charge in [-0.15, -0.1) is 0 Å². The Kier molecular flexibility index (Phi) is 6.14. The van der Waals surface area contributed by atoms with Gasteiger partial charge in [-0.05, 0) is 56.4 Å². The van der Waals surface area contributed by atoms with E-state index in [0.717, 1.165) is 53.2 Å². The van der Waals surface area contributed by atoms with Gasteiger partial charge in [-0.3, -0.25) is 9.88 Å². The number of aromatic hydroxyl groups is 1. The molecule has 0 spiro atoms. The third kappa shape index (κ3) is 4.49. The summed E-state index contributed by atoms with van der Waals surface area (Å²) in [5, 5.41) is 14.7. The van der Waals surface area contributed by atoms with E-state index >= 15 is 0 Å². The number of phenols is 1. The van der Waals surface area contributed by atoms with E-state index in [1.54, 1.807) is 12.3 Å². The number of nitrogens with zero attached hydrogens (tertiary/aromatic N) is 2. The maximum atomic E-state index is 10.2. The lowest BCUT2D eigenvalue weighted by Crippen LogP contribution is -2.22. The van der Waals surface area contributed by atoms with Crippen molar-refractivity contribution in [3.8, 4) is 11.5 Å². The molecule has 1 heterocycles. The Morgan fingerprint density at radius 3 is 2.59 bits per heavy atom. The smallest absolute Gasteiger partial charge is 0.121 e. The minimum Gasteiger partial charge on any atom is -0.508 e. The van der Waals surface area contributed by atoms with E-state index in [-0.39, 0.29) is 0 Å². The van der Waals surface area contributed by atoms with Crippen LogP contribution in [0.5, 0.6) is 11.5 Å². The predicted octanol–water partition coefficient (Wildman–Crippen LogP) is 4.92. The molecule has 0 radical (unpaired) electrons. The largest absolute Gasteiger partial charge is 0.508 e. The first kappa shape index (κ1) is 19.0. The summed E-state index contributed by atoms with van der Waals surface area (Å²) >= 11 is 0. The molecule has 0 amide bonds. The molecule has 0 aliphatic rings. The first-order valence-electron chi connectivity index (χ1n) is 9.47. The van der Waals surface area contributed by atoms with Crippen molar-refractivity contribution >= 4 is 22.3 Å². The number of hydrogen-bond acceptors (Lipinski definition) is 5. The van der Waals surface area contributed by atoms with E-state index in [4.69, 9.17) is 4.74 Å². The van der Waals surface area contributed by atoms with E-state index in [9.17, 15) is 5.11 Å². The molecule has 0 saturated carbocycles. The fraction of sp³-hybridized carbons (Fsp3) is 0.318. The summed E-state index contributed by atoms with van der Waals surface area (Å²) in [6, 6.07) is 13.5. The van der Waals surface area contributed by atoms with Crippen LogP contribution in [0.15, 0.2) is 48.7 Å². The standard InChI is InChI=1S/C22H27N3O2/c1-4-25(5-2)15-16-13-17(7-10-22(16)26)24-20-11-12-23-21-14-18(27-6-3)8-9-19(20)21/h7-14,26H,4-6,15H2,1-3H3,(H,23,24). The monoisotopic (exact) mass is 365 g/mol. The number of rotatable bonds is 8. The highest BCUT2D eigenvalue weighted by atomic mass is 16.5. The van der Waals surface area contributed by atoms with Crippen LogP contribution in [0.25, 0.3) is 10.9 Å². The topological polar surface area (TPSA) is 57.6 Å². The van der Waals surface area contributed by atoms with Gasteiger partial charge in [-0.2, -0.15) is 0 Å². The number of anilines is 2. The molecule has 2 aromatic carbocycles. The number of fused-ring (bicyclic) bond motifs is 1. The van der Waals surface area contributed by atoms with E-state index < -0.39 is 0 Å². The zero-order valence-corrected chi connectivity index (χ0v) is 16.2. The number of hydrogen-bond donors (Lipinski definition) is 2. The molecule has 0 saturated heterocycles. The molecule has 3 rings (SSSR count). The van der Waals surface area contributed by atoms with Crippen molar-refractivity contribution in [3.05, 3.63) is 54.2 Å².